The minimum absolute atomic E-state index is 0.152. The number of carbonyl (C=O) groups excluding carboxylic acids is 1. The molecule has 0 aliphatic heterocycles. The maximum atomic E-state index is 10.3. The highest BCUT2D eigenvalue weighted by atomic mass is 16.4. The number of hydrogen-bond acceptors (Lipinski definition) is 5. The SMILES string of the molecule is CN(C)c1cncc(C(=O)[O-])n1. The Kier molecular flexibility index (Phi) is 2.23. The fourth-order valence-electron chi connectivity index (χ4n) is 0.669. The molecule has 0 bridgehead atoms. The Morgan fingerprint density at radius 1 is 1.50 bits per heavy atom. The van der Waals surface area contributed by atoms with Crippen LogP contribution in [0.3, 0.4) is 0 Å². The highest BCUT2D eigenvalue weighted by Crippen LogP contribution is 2.03. The van der Waals surface area contributed by atoms with Crippen LogP contribution in [0.2, 0.25) is 0 Å². The van der Waals surface area contributed by atoms with Gasteiger partial charge in [0.15, 0.2) is 0 Å². The van der Waals surface area contributed by atoms with Crippen molar-refractivity contribution in [2.75, 3.05) is 19.0 Å². The van der Waals surface area contributed by atoms with Gasteiger partial charge < -0.3 is 14.8 Å². The Hall–Kier alpha value is -1.65. The number of anilines is 1. The summed E-state index contributed by atoms with van der Waals surface area (Å²) in [4.78, 5) is 19.5. The first-order chi connectivity index (χ1) is 5.61. The van der Waals surface area contributed by atoms with Crippen molar-refractivity contribution < 1.29 is 9.90 Å². The van der Waals surface area contributed by atoms with Gasteiger partial charge in [-0.2, -0.15) is 0 Å². The number of rotatable bonds is 2. The molecule has 12 heavy (non-hydrogen) atoms. The van der Waals surface area contributed by atoms with E-state index in [2.05, 4.69) is 9.97 Å². The van der Waals surface area contributed by atoms with Gasteiger partial charge in [-0.25, -0.2) is 4.98 Å². The molecule has 0 fully saturated rings. The lowest BCUT2D eigenvalue weighted by atomic mass is 10.4. The summed E-state index contributed by atoms with van der Waals surface area (Å²) in [7, 11) is 3.51. The van der Waals surface area contributed by atoms with E-state index >= 15 is 0 Å². The number of aromatic nitrogens is 2. The molecule has 0 atom stereocenters. The number of carbonyl (C=O) groups is 1. The molecule has 0 aliphatic carbocycles. The zero-order chi connectivity index (χ0) is 9.14. The average molecular weight is 166 g/mol. The van der Waals surface area contributed by atoms with Crippen molar-refractivity contribution in [1.29, 1.82) is 0 Å². The fraction of sp³-hybridized carbons (Fsp3) is 0.286. The molecule has 1 aromatic heterocycles. The molecule has 1 aromatic rings. The van der Waals surface area contributed by atoms with E-state index in [-0.39, 0.29) is 5.69 Å². The van der Waals surface area contributed by atoms with E-state index in [0.717, 1.165) is 6.20 Å². The number of carboxylic acid groups (broad SMARTS) is 1. The van der Waals surface area contributed by atoms with Crippen LogP contribution < -0.4 is 10.0 Å². The Labute approximate surface area is 69.7 Å². The van der Waals surface area contributed by atoms with Gasteiger partial charge in [0.25, 0.3) is 0 Å². The molecular formula is C7H8N3O2-. The molecule has 1 heterocycles. The molecule has 0 saturated heterocycles. The molecule has 5 nitrogen and oxygen atoms in total. The molecule has 0 N–H and O–H groups in total. The normalized spacial score (nSPS) is 9.50. The van der Waals surface area contributed by atoms with Crippen LogP contribution in [0.1, 0.15) is 10.5 Å². The summed E-state index contributed by atoms with van der Waals surface area (Å²) < 4.78 is 0. The van der Waals surface area contributed by atoms with Crippen LogP contribution in [0, 0.1) is 0 Å². The van der Waals surface area contributed by atoms with Crippen molar-refractivity contribution in [1.82, 2.24) is 9.97 Å². The third kappa shape index (κ3) is 1.69. The predicted molar refractivity (Wildman–Crippen MR) is 40.7 cm³/mol. The molecule has 64 valence electrons. The predicted octanol–water partition coefficient (Wildman–Crippen LogP) is -1.09. The summed E-state index contributed by atoms with van der Waals surface area (Å²) in [6, 6.07) is 0. The van der Waals surface area contributed by atoms with Crippen LogP contribution in [0.5, 0.6) is 0 Å². The van der Waals surface area contributed by atoms with Gasteiger partial charge in [-0.15, -0.1) is 0 Å². The smallest absolute Gasteiger partial charge is 0.147 e. The molecule has 0 saturated carbocycles. The summed E-state index contributed by atoms with van der Waals surface area (Å²) in [6.07, 6.45) is 2.63. The first-order valence-electron chi connectivity index (χ1n) is 3.32. The number of carboxylic acids is 1. The first kappa shape index (κ1) is 8.45. The van der Waals surface area contributed by atoms with Gasteiger partial charge in [-0.05, 0) is 0 Å². The Morgan fingerprint density at radius 2 is 2.17 bits per heavy atom. The third-order valence-electron chi connectivity index (χ3n) is 1.29. The summed E-state index contributed by atoms with van der Waals surface area (Å²) in [6.45, 7) is 0. The Morgan fingerprint density at radius 3 is 2.67 bits per heavy atom. The van der Waals surface area contributed by atoms with Crippen LogP contribution in [-0.4, -0.2) is 30.0 Å². The molecule has 0 spiro atoms. The molecule has 0 unspecified atom stereocenters. The maximum absolute atomic E-state index is 10.3. The second kappa shape index (κ2) is 3.17. The summed E-state index contributed by atoms with van der Waals surface area (Å²) in [5, 5.41) is 10.3. The zero-order valence-corrected chi connectivity index (χ0v) is 6.81. The van der Waals surface area contributed by atoms with Gasteiger partial charge >= 0.3 is 0 Å². The van der Waals surface area contributed by atoms with Crippen molar-refractivity contribution in [3.8, 4) is 0 Å². The van der Waals surface area contributed by atoms with E-state index in [1.165, 1.54) is 6.20 Å². The lowest BCUT2D eigenvalue weighted by Gasteiger charge is -2.11. The third-order valence-corrected chi connectivity index (χ3v) is 1.29. The number of nitrogens with zero attached hydrogens (tertiary/aromatic N) is 3. The zero-order valence-electron chi connectivity index (χ0n) is 6.81. The maximum Gasteiger partial charge on any atom is 0.147 e. The van der Waals surface area contributed by atoms with Crippen LogP contribution in [0.25, 0.3) is 0 Å². The quantitative estimate of drug-likeness (QED) is 0.558. The van der Waals surface area contributed by atoms with Crippen molar-refractivity contribution in [2.24, 2.45) is 0 Å². The van der Waals surface area contributed by atoms with Gasteiger partial charge in [0.05, 0.1) is 18.4 Å². The van der Waals surface area contributed by atoms with Crippen LogP contribution in [0.4, 0.5) is 5.82 Å². The summed E-state index contributed by atoms with van der Waals surface area (Å²) in [5.74, 6) is -0.817. The van der Waals surface area contributed by atoms with Crippen LogP contribution in [0.15, 0.2) is 12.4 Å². The van der Waals surface area contributed by atoms with Crippen molar-refractivity contribution >= 4 is 11.8 Å². The van der Waals surface area contributed by atoms with Crippen LogP contribution in [-0.2, 0) is 0 Å². The van der Waals surface area contributed by atoms with Gasteiger partial charge in [0, 0.05) is 14.1 Å². The average Bonchev–Trinajstić information content (AvgIpc) is 2.04. The fourth-order valence-corrected chi connectivity index (χ4v) is 0.669. The van der Waals surface area contributed by atoms with Crippen molar-refractivity contribution in [2.45, 2.75) is 0 Å². The van der Waals surface area contributed by atoms with Crippen LogP contribution >= 0.6 is 0 Å². The second-order valence-corrected chi connectivity index (χ2v) is 2.44. The van der Waals surface area contributed by atoms with Crippen molar-refractivity contribution in [3.63, 3.8) is 0 Å². The first-order valence-corrected chi connectivity index (χ1v) is 3.32. The molecular weight excluding hydrogens is 158 g/mol. The van der Waals surface area contributed by atoms with Gasteiger partial charge in [0.1, 0.15) is 11.5 Å². The minimum atomic E-state index is -1.31. The summed E-state index contributed by atoms with van der Waals surface area (Å²) in [5.41, 5.74) is -0.152. The number of hydrogen-bond donors (Lipinski definition) is 0. The minimum Gasteiger partial charge on any atom is -0.543 e. The van der Waals surface area contributed by atoms with Gasteiger partial charge in [0.2, 0.25) is 0 Å². The van der Waals surface area contributed by atoms with Gasteiger partial charge in [-0.3, -0.25) is 4.98 Å². The van der Waals surface area contributed by atoms with E-state index in [0.29, 0.717) is 5.82 Å². The largest absolute Gasteiger partial charge is 0.543 e. The van der Waals surface area contributed by atoms with E-state index in [9.17, 15) is 9.90 Å². The second-order valence-electron chi connectivity index (χ2n) is 2.44. The Bertz CT molecular complexity index is 298. The van der Waals surface area contributed by atoms with Gasteiger partial charge in [-0.1, -0.05) is 0 Å². The van der Waals surface area contributed by atoms with E-state index in [1.807, 2.05) is 0 Å². The van der Waals surface area contributed by atoms with E-state index in [4.69, 9.17) is 0 Å². The number of aromatic carboxylic acids is 1. The molecule has 0 aliphatic rings. The van der Waals surface area contributed by atoms with Crippen molar-refractivity contribution in [3.05, 3.63) is 18.1 Å². The molecule has 5 heteroatoms. The lowest BCUT2D eigenvalue weighted by Crippen LogP contribution is -2.24. The molecule has 1 rings (SSSR count). The lowest BCUT2D eigenvalue weighted by molar-refractivity contribution is -0.255. The highest BCUT2D eigenvalue weighted by Gasteiger charge is 1.99. The monoisotopic (exact) mass is 166 g/mol. The molecule has 0 amide bonds. The molecule has 0 aromatic carbocycles. The summed E-state index contributed by atoms with van der Waals surface area (Å²) >= 11 is 0. The topological polar surface area (TPSA) is 69.2 Å². The highest BCUT2D eigenvalue weighted by molar-refractivity contribution is 5.83. The molecule has 0 radical (unpaired) electrons. The van der Waals surface area contributed by atoms with E-state index < -0.39 is 5.97 Å². The Balaban J connectivity index is 3.04. The standard InChI is InChI=1S/C7H9N3O2/c1-10(2)6-4-8-3-5(9-6)7(11)12/h3-4H,1-2H3,(H,11,12)/p-1. The van der Waals surface area contributed by atoms with E-state index in [1.54, 1.807) is 19.0 Å².